The zero-order valence-electron chi connectivity index (χ0n) is 25.9. The number of benzene rings is 2. The Kier molecular flexibility index (Phi) is 7.95. The van der Waals surface area contributed by atoms with E-state index < -0.39 is 77.1 Å². The zero-order valence-corrected chi connectivity index (χ0v) is 27.4. The number of carbonyl (C=O) groups is 1. The predicted molar refractivity (Wildman–Crippen MR) is 170 cm³/mol. The molecule has 2 aliphatic carbocycles. The highest BCUT2D eigenvalue weighted by Gasteiger charge is 2.67. The number of primary amides is 1. The Morgan fingerprint density at radius 3 is 2.41 bits per heavy atom. The quantitative estimate of drug-likeness (QED) is 0.159. The van der Waals surface area contributed by atoms with E-state index >= 15 is 8.78 Å². The number of aromatic nitrogens is 5. The molecule has 1 fully saturated rings. The maximum atomic E-state index is 15.9. The van der Waals surface area contributed by atoms with Gasteiger partial charge in [0.1, 0.15) is 34.9 Å². The molecule has 49 heavy (non-hydrogen) atoms. The molecule has 15 heteroatoms. The summed E-state index contributed by atoms with van der Waals surface area (Å²) in [6.45, 7) is 3.83. The number of nitrogens with zero attached hydrogens (tertiary/aromatic N) is 5. The second-order valence-electron chi connectivity index (χ2n) is 12.8. The van der Waals surface area contributed by atoms with Gasteiger partial charge in [0.05, 0.1) is 28.7 Å². The van der Waals surface area contributed by atoms with E-state index in [9.17, 15) is 27.2 Å². The molecule has 2 aliphatic rings. The number of amides is 1. The highest BCUT2D eigenvalue weighted by atomic mass is 79.9. The van der Waals surface area contributed by atoms with Gasteiger partial charge in [-0.2, -0.15) is 13.9 Å². The summed E-state index contributed by atoms with van der Waals surface area (Å²) in [6.07, 6.45) is -2.39. The van der Waals surface area contributed by atoms with Crippen molar-refractivity contribution in [2.24, 2.45) is 11.7 Å². The van der Waals surface area contributed by atoms with Crippen LogP contribution in [0.2, 0.25) is 0 Å². The van der Waals surface area contributed by atoms with Crippen molar-refractivity contribution >= 4 is 32.7 Å². The van der Waals surface area contributed by atoms with Crippen LogP contribution in [-0.4, -0.2) is 30.2 Å². The number of halogens is 7. The normalized spacial score (nSPS) is 18.9. The van der Waals surface area contributed by atoms with Crippen LogP contribution in [0.15, 0.2) is 64.0 Å². The molecule has 0 radical (unpaired) electrons. The van der Waals surface area contributed by atoms with Crippen molar-refractivity contribution in [1.29, 1.82) is 0 Å². The standard InChI is InChI=1S/C34H27BrF6N6O2/c1-14(2)24-6-4-19(13-43-24)46-32(44-25-10-16(35)3-5-20(25)33(46)49)22(9-15-7-17(36)11-18(37)8-15)28(31(42)48)47-29-26(27(45-47)30(38)39)21-12-23(21)34(29,40)41/h3-8,10-11,13-14,21-23,28,30H,9,12H2,1-2H3,(H2,42,48)/t21-,22-,23+,28?/m0/s1. The van der Waals surface area contributed by atoms with Gasteiger partial charge >= 0.3 is 0 Å². The highest BCUT2D eigenvalue weighted by molar-refractivity contribution is 9.10. The van der Waals surface area contributed by atoms with E-state index in [2.05, 4.69) is 26.0 Å². The minimum Gasteiger partial charge on any atom is -0.368 e. The smallest absolute Gasteiger partial charge is 0.293 e. The Bertz CT molecular complexity index is 2180. The number of pyridine rings is 1. The lowest BCUT2D eigenvalue weighted by atomic mass is 9.89. The van der Waals surface area contributed by atoms with Gasteiger partial charge in [-0.3, -0.25) is 19.1 Å². The van der Waals surface area contributed by atoms with Crippen molar-refractivity contribution in [2.45, 2.75) is 62.8 Å². The van der Waals surface area contributed by atoms with Crippen LogP contribution in [0.1, 0.15) is 84.5 Å². The van der Waals surface area contributed by atoms with Crippen molar-refractivity contribution in [1.82, 2.24) is 24.3 Å². The molecule has 0 bridgehead atoms. The van der Waals surface area contributed by atoms with E-state index in [0.717, 1.165) is 16.7 Å². The fraction of sp³-hybridized carbons (Fsp3) is 0.324. The topological polar surface area (TPSA) is 109 Å². The summed E-state index contributed by atoms with van der Waals surface area (Å²) in [4.78, 5) is 37.0. The van der Waals surface area contributed by atoms with Crippen molar-refractivity contribution in [3.05, 3.63) is 115 Å². The highest BCUT2D eigenvalue weighted by Crippen LogP contribution is 2.68. The van der Waals surface area contributed by atoms with E-state index in [0.29, 0.717) is 20.9 Å². The molecule has 1 unspecified atom stereocenters. The Labute approximate surface area is 283 Å². The second-order valence-corrected chi connectivity index (χ2v) is 13.7. The first-order valence-corrected chi connectivity index (χ1v) is 16.2. The summed E-state index contributed by atoms with van der Waals surface area (Å²) < 4.78 is 91.7. The van der Waals surface area contributed by atoms with Gasteiger partial charge in [0, 0.05) is 27.7 Å². The molecule has 3 heterocycles. The third-order valence-electron chi connectivity index (χ3n) is 9.25. The molecule has 4 atom stereocenters. The van der Waals surface area contributed by atoms with Crippen LogP contribution in [0.3, 0.4) is 0 Å². The van der Waals surface area contributed by atoms with Crippen molar-refractivity contribution < 1.29 is 31.1 Å². The Morgan fingerprint density at radius 1 is 1.08 bits per heavy atom. The van der Waals surface area contributed by atoms with E-state index in [1.165, 1.54) is 18.3 Å². The molecule has 1 saturated carbocycles. The molecule has 5 aromatic rings. The maximum Gasteiger partial charge on any atom is 0.293 e. The van der Waals surface area contributed by atoms with E-state index in [1.807, 2.05) is 13.8 Å². The number of carbonyl (C=O) groups excluding carboxylic acids is 1. The average Bonchev–Trinajstić information content (AvgIpc) is 3.67. The molecule has 254 valence electrons. The third-order valence-corrected chi connectivity index (χ3v) is 9.74. The van der Waals surface area contributed by atoms with Gasteiger partial charge in [0.15, 0.2) is 0 Å². The van der Waals surface area contributed by atoms with Crippen molar-refractivity contribution in [3.8, 4) is 5.69 Å². The van der Waals surface area contributed by atoms with Gasteiger partial charge < -0.3 is 5.73 Å². The number of rotatable bonds is 9. The van der Waals surface area contributed by atoms with Crippen LogP contribution in [0.4, 0.5) is 26.3 Å². The Hall–Kier alpha value is -4.53. The van der Waals surface area contributed by atoms with Crippen molar-refractivity contribution in [3.63, 3.8) is 0 Å². The fourth-order valence-corrected chi connectivity index (χ4v) is 7.33. The first kappa shape index (κ1) is 33.0. The fourth-order valence-electron chi connectivity index (χ4n) is 6.98. The van der Waals surface area contributed by atoms with Gasteiger partial charge in [-0.25, -0.2) is 27.2 Å². The molecule has 0 saturated heterocycles. The predicted octanol–water partition coefficient (Wildman–Crippen LogP) is 7.34. The van der Waals surface area contributed by atoms with Crippen LogP contribution >= 0.6 is 15.9 Å². The lowest BCUT2D eigenvalue weighted by molar-refractivity contribution is -0.122. The summed E-state index contributed by atoms with van der Waals surface area (Å²) >= 11 is 3.35. The Balaban J connectivity index is 1.54. The number of hydrogen-bond donors (Lipinski definition) is 1. The number of alkyl halides is 4. The molecule has 2 N–H and O–H groups in total. The minimum absolute atomic E-state index is 0.0194. The lowest BCUT2D eigenvalue weighted by Gasteiger charge is -2.29. The molecule has 2 aromatic carbocycles. The van der Waals surface area contributed by atoms with Crippen LogP contribution < -0.4 is 11.3 Å². The summed E-state index contributed by atoms with van der Waals surface area (Å²) in [5, 5.41) is 4.02. The molecule has 3 aromatic heterocycles. The first-order valence-electron chi connectivity index (χ1n) is 15.4. The number of fused-ring (bicyclic) bond motifs is 4. The molecular weight excluding hydrogens is 718 g/mol. The molecule has 1 amide bonds. The monoisotopic (exact) mass is 744 g/mol. The van der Waals surface area contributed by atoms with Gasteiger partial charge in [0.2, 0.25) is 5.91 Å². The minimum atomic E-state index is -3.64. The van der Waals surface area contributed by atoms with Crippen LogP contribution in [0.25, 0.3) is 16.6 Å². The summed E-state index contributed by atoms with van der Waals surface area (Å²) in [6, 6.07) is 8.48. The molecule has 0 spiro atoms. The van der Waals surface area contributed by atoms with Gasteiger partial charge in [-0.15, -0.1) is 0 Å². The number of hydrogen-bond acceptors (Lipinski definition) is 5. The average molecular weight is 746 g/mol. The van der Waals surface area contributed by atoms with E-state index in [4.69, 9.17) is 10.7 Å². The van der Waals surface area contributed by atoms with Gasteiger partial charge in [-0.1, -0.05) is 29.8 Å². The van der Waals surface area contributed by atoms with E-state index in [1.54, 1.807) is 18.2 Å². The summed E-state index contributed by atoms with van der Waals surface area (Å²) in [7, 11) is 0. The number of nitrogens with two attached hydrogens (primary N) is 1. The van der Waals surface area contributed by atoms with Gasteiger partial charge in [0.25, 0.3) is 17.9 Å². The SMILES string of the molecule is CC(C)c1ccc(-n2c([C@@H](Cc3cc(F)cc(F)c3)C(C(N)=O)n3nc(C(F)F)c4c3C(F)(F)[C@@H]3C[C@H]43)nc3cc(Br)ccc3c2=O)cn1. The van der Waals surface area contributed by atoms with E-state index in [-0.39, 0.29) is 45.9 Å². The molecule has 8 nitrogen and oxygen atoms in total. The molecule has 7 rings (SSSR count). The van der Waals surface area contributed by atoms with Crippen LogP contribution in [-0.2, 0) is 17.1 Å². The molecular formula is C34H27BrF6N6O2. The second kappa shape index (κ2) is 11.8. The van der Waals surface area contributed by atoms with Crippen LogP contribution in [0, 0.1) is 17.6 Å². The Morgan fingerprint density at radius 2 is 1.80 bits per heavy atom. The van der Waals surface area contributed by atoms with Crippen molar-refractivity contribution in [2.75, 3.05) is 0 Å². The van der Waals surface area contributed by atoms with Gasteiger partial charge in [-0.05, 0) is 72.7 Å². The largest absolute Gasteiger partial charge is 0.368 e. The zero-order chi connectivity index (χ0) is 35.1. The summed E-state index contributed by atoms with van der Waals surface area (Å²) in [5.41, 5.74) is 4.11. The summed E-state index contributed by atoms with van der Waals surface area (Å²) in [5.74, 6) is -10.8. The maximum absolute atomic E-state index is 15.9. The van der Waals surface area contributed by atoms with Crippen LogP contribution in [0.5, 0.6) is 0 Å². The third kappa shape index (κ3) is 5.51. The first-order chi connectivity index (χ1) is 23.2. The molecule has 0 aliphatic heterocycles. The lowest BCUT2D eigenvalue weighted by Crippen LogP contribution is -2.39.